The molecule has 0 radical (unpaired) electrons. The number of benzene rings is 2. The Hall–Kier alpha value is -3.19. The fourth-order valence-electron chi connectivity index (χ4n) is 2.41. The van der Waals surface area contributed by atoms with Crippen LogP contribution < -0.4 is 16.0 Å². The number of hydrogen-bond acceptors (Lipinski definition) is 4. The monoisotopic (exact) mass is 394 g/mol. The van der Waals surface area contributed by atoms with Gasteiger partial charge in [-0.1, -0.05) is 45.0 Å². The first kappa shape index (κ1) is 19.6. The Bertz CT molecular complexity index is 977. The van der Waals surface area contributed by atoms with Crippen molar-refractivity contribution in [2.75, 3.05) is 16.0 Å². The summed E-state index contributed by atoms with van der Waals surface area (Å²) in [6.07, 6.45) is 1.59. The van der Waals surface area contributed by atoms with Crippen LogP contribution in [0.3, 0.4) is 0 Å². The summed E-state index contributed by atoms with van der Waals surface area (Å²) < 4.78 is 0. The molecule has 0 aliphatic rings. The summed E-state index contributed by atoms with van der Waals surface area (Å²) in [7, 11) is 0. The summed E-state index contributed by atoms with van der Waals surface area (Å²) in [6.45, 7) is 6.18. The maximum Gasteiger partial charge on any atom is 0.323 e. The number of thiazole rings is 1. The van der Waals surface area contributed by atoms with Crippen molar-refractivity contribution < 1.29 is 9.59 Å². The molecule has 3 amide bonds. The second-order valence-corrected chi connectivity index (χ2v) is 8.29. The van der Waals surface area contributed by atoms with Gasteiger partial charge in [0, 0.05) is 22.5 Å². The molecule has 1 heterocycles. The van der Waals surface area contributed by atoms with Gasteiger partial charge in [0.05, 0.1) is 11.2 Å². The van der Waals surface area contributed by atoms with E-state index in [-0.39, 0.29) is 17.4 Å². The minimum Gasteiger partial charge on any atom is -0.321 e. The number of urea groups is 1. The van der Waals surface area contributed by atoms with Gasteiger partial charge in [0.1, 0.15) is 4.88 Å². The van der Waals surface area contributed by atoms with Gasteiger partial charge >= 0.3 is 6.03 Å². The van der Waals surface area contributed by atoms with E-state index in [4.69, 9.17) is 0 Å². The molecular weight excluding hydrogens is 372 g/mol. The maximum atomic E-state index is 12.5. The lowest BCUT2D eigenvalue weighted by atomic mass is 9.98. The van der Waals surface area contributed by atoms with Gasteiger partial charge in [-0.15, -0.1) is 11.3 Å². The molecule has 0 atom stereocenters. The molecule has 144 valence electrons. The van der Waals surface area contributed by atoms with E-state index < -0.39 is 0 Å². The van der Waals surface area contributed by atoms with Crippen LogP contribution >= 0.6 is 11.3 Å². The quantitative estimate of drug-likeness (QED) is 0.559. The molecule has 0 spiro atoms. The topological polar surface area (TPSA) is 83.1 Å². The van der Waals surface area contributed by atoms with Crippen molar-refractivity contribution in [2.24, 2.45) is 0 Å². The number of nitrogens with one attached hydrogen (secondary N) is 3. The van der Waals surface area contributed by atoms with Crippen LogP contribution in [0.5, 0.6) is 0 Å². The van der Waals surface area contributed by atoms with Crippen LogP contribution in [0.2, 0.25) is 0 Å². The van der Waals surface area contributed by atoms with Crippen LogP contribution in [0, 0.1) is 0 Å². The van der Waals surface area contributed by atoms with Gasteiger partial charge in [-0.3, -0.25) is 4.79 Å². The molecule has 3 aromatic rings. The van der Waals surface area contributed by atoms with Crippen LogP contribution in [0.15, 0.2) is 60.8 Å². The third kappa shape index (κ3) is 5.17. The average molecular weight is 395 g/mol. The molecule has 0 aliphatic heterocycles. The number of nitrogens with zero attached hydrogens (tertiary/aromatic N) is 1. The van der Waals surface area contributed by atoms with Gasteiger partial charge in [-0.25, -0.2) is 9.78 Å². The predicted octanol–water partition coefficient (Wildman–Crippen LogP) is 5.34. The van der Waals surface area contributed by atoms with E-state index in [9.17, 15) is 9.59 Å². The first-order chi connectivity index (χ1) is 13.3. The van der Waals surface area contributed by atoms with E-state index >= 15 is 0 Å². The fraction of sp³-hybridized carbons (Fsp3) is 0.190. The molecule has 6 nitrogen and oxygen atoms in total. The van der Waals surface area contributed by atoms with E-state index in [0.717, 1.165) is 5.01 Å². The summed E-state index contributed by atoms with van der Waals surface area (Å²) in [5, 5.41) is 9.26. The zero-order valence-electron chi connectivity index (χ0n) is 15.9. The lowest BCUT2D eigenvalue weighted by Crippen LogP contribution is -2.19. The third-order valence-corrected chi connectivity index (χ3v) is 5.20. The highest BCUT2D eigenvalue weighted by atomic mass is 32.1. The second kappa shape index (κ2) is 8.22. The van der Waals surface area contributed by atoms with Crippen molar-refractivity contribution in [3.8, 4) is 0 Å². The summed E-state index contributed by atoms with van der Waals surface area (Å²) in [5.74, 6) is -0.223. The molecular formula is C21H22N4O2S. The Morgan fingerprint density at radius 3 is 2.11 bits per heavy atom. The Labute approximate surface area is 168 Å². The lowest BCUT2D eigenvalue weighted by molar-refractivity contribution is 0.103. The molecule has 0 unspecified atom stereocenters. The minimum atomic E-state index is -0.355. The number of amides is 3. The van der Waals surface area contributed by atoms with E-state index in [0.29, 0.717) is 21.9 Å². The molecule has 28 heavy (non-hydrogen) atoms. The molecule has 3 rings (SSSR count). The molecule has 7 heteroatoms. The number of para-hydroxylation sites is 1. The predicted molar refractivity (Wildman–Crippen MR) is 114 cm³/mol. The summed E-state index contributed by atoms with van der Waals surface area (Å²) in [5.41, 5.74) is 1.77. The van der Waals surface area contributed by atoms with Crippen LogP contribution in [-0.2, 0) is 5.41 Å². The number of rotatable bonds is 4. The summed E-state index contributed by atoms with van der Waals surface area (Å²) in [6, 6.07) is 15.8. The van der Waals surface area contributed by atoms with Gasteiger partial charge in [0.15, 0.2) is 0 Å². The molecule has 1 aromatic heterocycles. The number of aromatic nitrogens is 1. The highest BCUT2D eigenvalue weighted by molar-refractivity contribution is 7.13. The highest BCUT2D eigenvalue weighted by Crippen LogP contribution is 2.27. The van der Waals surface area contributed by atoms with E-state index in [1.54, 1.807) is 42.6 Å². The van der Waals surface area contributed by atoms with Crippen molar-refractivity contribution in [3.63, 3.8) is 0 Å². The van der Waals surface area contributed by atoms with Crippen molar-refractivity contribution in [1.29, 1.82) is 0 Å². The largest absolute Gasteiger partial charge is 0.323 e. The first-order valence-corrected chi connectivity index (χ1v) is 9.64. The summed E-state index contributed by atoms with van der Waals surface area (Å²) >= 11 is 1.38. The Morgan fingerprint density at radius 2 is 1.46 bits per heavy atom. The maximum absolute atomic E-state index is 12.5. The second-order valence-electron chi connectivity index (χ2n) is 7.26. The number of carbonyl (C=O) groups excluding carboxylic acids is 2. The van der Waals surface area contributed by atoms with Crippen LogP contribution in [-0.4, -0.2) is 16.9 Å². The normalized spacial score (nSPS) is 11.0. The highest BCUT2D eigenvalue weighted by Gasteiger charge is 2.20. The number of carbonyl (C=O) groups is 2. The van der Waals surface area contributed by atoms with Gasteiger partial charge in [-0.2, -0.15) is 0 Å². The van der Waals surface area contributed by atoms with Crippen LogP contribution in [0.1, 0.15) is 35.5 Å². The lowest BCUT2D eigenvalue weighted by Gasteiger charge is -2.13. The van der Waals surface area contributed by atoms with E-state index in [1.807, 2.05) is 18.2 Å². The van der Waals surface area contributed by atoms with E-state index in [2.05, 4.69) is 41.7 Å². The molecule has 0 fully saturated rings. The first-order valence-electron chi connectivity index (χ1n) is 8.82. The van der Waals surface area contributed by atoms with Crippen molar-refractivity contribution in [2.45, 2.75) is 26.2 Å². The van der Waals surface area contributed by atoms with Gasteiger partial charge < -0.3 is 16.0 Å². The van der Waals surface area contributed by atoms with Crippen LogP contribution in [0.25, 0.3) is 0 Å². The van der Waals surface area contributed by atoms with E-state index in [1.165, 1.54) is 11.3 Å². The zero-order chi connectivity index (χ0) is 20.1. The summed E-state index contributed by atoms with van der Waals surface area (Å²) in [4.78, 5) is 29.5. The third-order valence-electron chi connectivity index (χ3n) is 3.78. The molecule has 0 saturated carbocycles. The Morgan fingerprint density at radius 1 is 0.857 bits per heavy atom. The van der Waals surface area contributed by atoms with Crippen molar-refractivity contribution >= 4 is 40.3 Å². The fourth-order valence-corrected chi connectivity index (χ4v) is 3.28. The Kier molecular flexibility index (Phi) is 5.75. The standard InChI is InChI=1S/C21H22N4O2S/c1-21(2,3)19-22-13-17(28-19)18(26)23-15-10-7-11-16(12-15)25-20(27)24-14-8-5-4-6-9-14/h4-13H,1-3H3,(H,23,26)(H2,24,25,27). The number of anilines is 3. The number of hydrogen-bond donors (Lipinski definition) is 3. The van der Waals surface area contributed by atoms with Gasteiger partial charge in [0.2, 0.25) is 0 Å². The average Bonchev–Trinajstić information content (AvgIpc) is 3.13. The molecule has 0 saturated heterocycles. The molecule has 0 bridgehead atoms. The molecule has 2 aromatic carbocycles. The van der Waals surface area contributed by atoms with Crippen molar-refractivity contribution in [1.82, 2.24) is 4.98 Å². The van der Waals surface area contributed by atoms with Crippen LogP contribution in [0.4, 0.5) is 21.9 Å². The molecule has 0 aliphatic carbocycles. The zero-order valence-corrected chi connectivity index (χ0v) is 16.8. The van der Waals surface area contributed by atoms with Gasteiger partial charge in [0.25, 0.3) is 5.91 Å². The minimum absolute atomic E-state index is 0.0981. The molecule has 3 N–H and O–H groups in total. The van der Waals surface area contributed by atoms with Crippen molar-refractivity contribution in [3.05, 3.63) is 70.7 Å². The smallest absolute Gasteiger partial charge is 0.321 e. The SMILES string of the molecule is CC(C)(C)c1ncc(C(=O)Nc2cccc(NC(=O)Nc3ccccc3)c2)s1. The Balaban J connectivity index is 1.63. The van der Waals surface area contributed by atoms with Gasteiger partial charge in [-0.05, 0) is 30.3 Å².